The van der Waals surface area contributed by atoms with E-state index in [0.29, 0.717) is 27.5 Å². The number of ether oxygens (including phenoxy) is 1. The third kappa shape index (κ3) is 2.55. The summed E-state index contributed by atoms with van der Waals surface area (Å²) in [5.74, 6) is 0.919. The number of nitriles is 1. The Bertz CT molecular complexity index is 593. The number of halogens is 1. The maximum Gasteiger partial charge on any atom is 0.220 e. The minimum Gasteiger partial charge on any atom is -0.438 e. The van der Waals surface area contributed by atoms with E-state index in [4.69, 9.17) is 15.7 Å². The van der Waals surface area contributed by atoms with Gasteiger partial charge in [-0.1, -0.05) is 12.1 Å². The molecule has 0 amide bonds. The van der Waals surface area contributed by atoms with Crippen molar-refractivity contribution in [2.45, 2.75) is 0 Å². The van der Waals surface area contributed by atoms with Crippen molar-refractivity contribution in [2.75, 3.05) is 5.73 Å². The second-order valence-corrected chi connectivity index (χ2v) is 4.03. The fourth-order valence-corrected chi connectivity index (χ4v) is 1.60. The summed E-state index contributed by atoms with van der Waals surface area (Å²) in [5, 5.41) is 8.73. The summed E-state index contributed by atoms with van der Waals surface area (Å²) in [7, 11) is 0. The second kappa shape index (κ2) is 4.85. The molecule has 1 aromatic carbocycles. The van der Waals surface area contributed by atoms with Crippen LogP contribution < -0.4 is 10.5 Å². The number of pyridine rings is 1. The van der Waals surface area contributed by atoms with Crippen molar-refractivity contribution in [2.24, 2.45) is 0 Å². The monoisotopic (exact) mass is 289 g/mol. The molecule has 84 valence electrons. The van der Waals surface area contributed by atoms with Crippen molar-refractivity contribution in [3.05, 3.63) is 46.6 Å². The summed E-state index contributed by atoms with van der Waals surface area (Å²) in [6, 6.07) is 12.3. The molecular weight excluding hydrogens is 282 g/mol. The lowest BCUT2D eigenvalue weighted by Gasteiger charge is -2.08. The minimum atomic E-state index is 0.308. The highest BCUT2D eigenvalue weighted by Crippen LogP contribution is 2.32. The highest BCUT2D eigenvalue weighted by Gasteiger charge is 2.06. The zero-order chi connectivity index (χ0) is 12.3. The third-order valence-corrected chi connectivity index (χ3v) is 2.89. The largest absolute Gasteiger partial charge is 0.438 e. The maximum absolute atomic E-state index is 8.73. The standard InChI is InChI=1S/C12H8BrN3O/c13-12-9(15)4-2-5-10(12)17-11-6-1-3-8(7-14)16-11/h1-6H,15H2. The first-order chi connectivity index (χ1) is 8.20. The Kier molecular flexibility index (Phi) is 3.26. The van der Waals surface area contributed by atoms with Crippen LogP contribution in [0.25, 0.3) is 0 Å². The van der Waals surface area contributed by atoms with Crippen molar-refractivity contribution < 1.29 is 4.74 Å². The van der Waals surface area contributed by atoms with E-state index in [1.807, 2.05) is 6.07 Å². The molecule has 2 rings (SSSR count). The van der Waals surface area contributed by atoms with Crippen LogP contribution in [0.4, 0.5) is 5.69 Å². The van der Waals surface area contributed by atoms with Gasteiger partial charge in [0.15, 0.2) is 0 Å². The van der Waals surface area contributed by atoms with Gasteiger partial charge in [-0.2, -0.15) is 5.26 Å². The van der Waals surface area contributed by atoms with E-state index in [1.54, 1.807) is 36.4 Å². The van der Waals surface area contributed by atoms with E-state index in [-0.39, 0.29) is 0 Å². The molecule has 0 bridgehead atoms. The van der Waals surface area contributed by atoms with E-state index < -0.39 is 0 Å². The van der Waals surface area contributed by atoms with Crippen LogP contribution in [0.15, 0.2) is 40.9 Å². The van der Waals surface area contributed by atoms with Gasteiger partial charge in [-0.15, -0.1) is 0 Å². The summed E-state index contributed by atoms with van der Waals surface area (Å²) < 4.78 is 6.21. The number of nitrogen functional groups attached to an aromatic ring is 1. The first-order valence-electron chi connectivity index (χ1n) is 4.79. The van der Waals surface area contributed by atoms with Crippen LogP contribution in [-0.4, -0.2) is 4.98 Å². The molecule has 0 saturated carbocycles. The van der Waals surface area contributed by atoms with E-state index in [1.165, 1.54) is 0 Å². The van der Waals surface area contributed by atoms with Crippen LogP contribution in [0.1, 0.15) is 5.69 Å². The highest BCUT2D eigenvalue weighted by molar-refractivity contribution is 9.10. The van der Waals surface area contributed by atoms with Gasteiger partial charge < -0.3 is 10.5 Å². The number of nitrogens with two attached hydrogens (primary N) is 1. The molecule has 4 nitrogen and oxygen atoms in total. The normalized spacial score (nSPS) is 9.65. The average molecular weight is 290 g/mol. The molecular formula is C12H8BrN3O. The van der Waals surface area contributed by atoms with Gasteiger partial charge in [-0.05, 0) is 34.1 Å². The Morgan fingerprint density at radius 1 is 1.24 bits per heavy atom. The molecule has 0 aliphatic rings. The zero-order valence-corrected chi connectivity index (χ0v) is 10.3. The molecule has 1 aromatic heterocycles. The van der Waals surface area contributed by atoms with Crippen molar-refractivity contribution >= 4 is 21.6 Å². The predicted molar refractivity (Wildman–Crippen MR) is 67.6 cm³/mol. The lowest BCUT2D eigenvalue weighted by Crippen LogP contribution is -1.93. The molecule has 0 fully saturated rings. The Labute approximate surface area is 107 Å². The van der Waals surface area contributed by atoms with Crippen LogP contribution in [-0.2, 0) is 0 Å². The molecule has 0 unspecified atom stereocenters. The molecule has 1 heterocycles. The van der Waals surface area contributed by atoms with Gasteiger partial charge >= 0.3 is 0 Å². The maximum atomic E-state index is 8.73. The van der Waals surface area contributed by atoms with Crippen molar-refractivity contribution in [1.82, 2.24) is 4.98 Å². The lowest BCUT2D eigenvalue weighted by atomic mass is 10.3. The molecule has 17 heavy (non-hydrogen) atoms. The smallest absolute Gasteiger partial charge is 0.220 e. The number of nitrogens with zero attached hydrogens (tertiary/aromatic N) is 2. The molecule has 0 atom stereocenters. The van der Waals surface area contributed by atoms with E-state index in [0.717, 1.165) is 0 Å². The SMILES string of the molecule is N#Cc1cccc(Oc2cccc(N)c2Br)n1. The Hall–Kier alpha value is -2.06. The molecule has 0 spiro atoms. The molecule has 2 N–H and O–H groups in total. The van der Waals surface area contributed by atoms with Gasteiger partial charge in [-0.25, -0.2) is 4.98 Å². The number of anilines is 1. The van der Waals surface area contributed by atoms with Crippen LogP contribution in [0.5, 0.6) is 11.6 Å². The van der Waals surface area contributed by atoms with Gasteiger partial charge in [-0.3, -0.25) is 0 Å². The van der Waals surface area contributed by atoms with Crippen LogP contribution in [0.2, 0.25) is 0 Å². The zero-order valence-electron chi connectivity index (χ0n) is 8.72. The molecule has 0 saturated heterocycles. The van der Waals surface area contributed by atoms with E-state index in [9.17, 15) is 0 Å². The summed E-state index contributed by atoms with van der Waals surface area (Å²) in [6.45, 7) is 0. The van der Waals surface area contributed by atoms with Crippen molar-refractivity contribution in [1.29, 1.82) is 5.26 Å². The second-order valence-electron chi connectivity index (χ2n) is 3.23. The highest BCUT2D eigenvalue weighted by atomic mass is 79.9. The van der Waals surface area contributed by atoms with Gasteiger partial charge in [0.05, 0.1) is 4.47 Å². The summed E-state index contributed by atoms with van der Waals surface area (Å²) in [4.78, 5) is 4.01. The van der Waals surface area contributed by atoms with Crippen LogP contribution in [0.3, 0.4) is 0 Å². The summed E-state index contributed by atoms with van der Waals surface area (Å²) in [5.41, 5.74) is 6.62. The fraction of sp³-hybridized carbons (Fsp3) is 0. The minimum absolute atomic E-state index is 0.308. The molecule has 0 radical (unpaired) electrons. The molecule has 2 aromatic rings. The van der Waals surface area contributed by atoms with Gasteiger partial charge in [0, 0.05) is 11.8 Å². The Morgan fingerprint density at radius 3 is 2.76 bits per heavy atom. The molecule has 0 aliphatic heterocycles. The fourth-order valence-electron chi connectivity index (χ4n) is 1.25. The van der Waals surface area contributed by atoms with Crippen molar-refractivity contribution in [3.63, 3.8) is 0 Å². The predicted octanol–water partition coefficient (Wildman–Crippen LogP) is 3.09. The number of hydrogen-bond donors (Lipinski definition) is 1. The van der Waals surface area contributed by atoms with Crippen LogP contribution >= 0.6 is 15.9 Å². The first-order valence-corrected chi connectivity index (χ1v) is 5.59. The average Bonchev–Trinajstić information content (AvgIpc) is 2.35. The number of hydrogen-bond acceptors (Lipinski definition) is 4. The third-order valence-electron chi connectivity index (χ3n) is 2.05. The molecule has 0 aliphatic carbocycles. The van der Waals surface area contributed by atoms with Gasteiger partial charge in [0.2, 0.25) is 5.88 Å². The van der Waals surface area contributed by atoms with Gasteiger partial charge in [0.1, 0.15) is 17.5 Å². The topological polar surface area (TPSA) is 71.9 Å². The number of aromatic nitrogens is 1. The quantitative estimate of drug-likeness (QED) is 0.863. The van der Waals surface area contributed by atoms with Crippen LogP contribution in [0, 0.1) is 11.3 Å². The molecule has 5 heteroatoms. The lowest BCUT2D eigenvalue weighted by molar-refractivity contribution is 0.460. The Morgan fingerprint density at radius 2 is 2.00 bits per heavy atom. The summed E-state index contributed by atoms with van der Waals surface area (Å²) >= 11 is 3.33. The van der Waals surface area contributed by atoms with Gasteiger partial charge in [0.25, 0.3) is 0 Å². The summed E-state index contributed by atoms with van der Waals surface area (Å²) in [6.07, 6.45) is 0. The van der Waals surface area contributed by atoms with Crippen molar-refractivity contribution in [3.8, 4) is 17.7 Å². The Balaban J connectivity index is 2.32. The van der Waals surface area contributed by atoms with E-state index in [2.05, 4.69) is 20.9 Å². The van der Waals surface area contributed by atoms with E-state index >= 15 is 0 Å². The first kappa shape index (κ1) is 11.4. The number of benzene rings is 1. The number of rotatable bonds is 2.